The summed E-state index contributed by atoms with van der Waals surface area (Å²) in [7, 11) is 0. The molecule has 1 aromatic carbocycles. The summed E-state index contributed by atoms with van der Waals surface area (Å²) in [5.41, 5.74) is 2.36. The maximum atomic E-state index is 10.2. The van der Waals surface area contributed by atoms with Gasteiger partial charge in [0.15, 0.2) is 0 Å². The van der Waals surface area contributed by atoms with Gasteiger partial charge in [0.1, 0.15) is 0 Å². The van der Waals surface area contributed by atoms with Gasteiger partial charge in [0, 0.05) is 6.61 Å². The van der Waals surface area contributed by atoms with Crippen molar-refractivity contribution in [3.63, 3.8) is 0 Å². The number of aliphatic hydroxyl groups excluding tert-OH is 1. The van der Waals surface area contributed by atoms with E-state index in [1.807, 2.05) is 24.3 Å². The maximum Gasteiger partial charge on any atom is 0.0975 e. The molecule has 1 aliphatic rings. The van der Waals surface area contributed by atoms with Gasteiger partial charge in [0.25, 0.3) is 0 Å². The molecule has 0 saturated carbocycles. The summed E-state index contributed by atoms with van der Waals surface area (Å²) in [5, 5.41) is 10.2. The molecule has 0 amide bonds. The normalized spacial score (nSPS) is 20.4. The van der Waals surface area contributed by atoms with E-state index in [4.69, 9.17) is 4.74 Å². The number of nitrogens with zero attached hydrogens (tertiary/aromatic N) is 2. The number of fused-ring (bicyclic) bond motifs is 1. The molecule has 20 heavy (non-hydrogen) atoms. The zero-order chi connectivity index (χ0) is 13.8. The molecule has 0 radical (unpaired) electrons. The van der Waals surface area contributed by atoms with Crippen molar-refractivity contribution in [3.8, 4) is 0 Å². The molecule has 1 fully saturated rings. The summed E-state index contributed by atoms with van der Waals surface area (Å²) >= 11 is 0. The number of benzene rings is 1. The van der Waals surface area contributed by atoms with Crippen LogP contribution in [-0.4, -0.2) is 27.8 Å². The van der Waals surface area contributed by atoms with Crippen molar-refractivity contribution >= 4 is 11.0 Å². The Hall–Kier alpha value is -1.52. The molecule has 2 unspecified atom stereocenters. The first-order chi connectivity index (χ1) is 9.83. The number of para-hydroxylation sites is 2. The van der Waals surface area contributed by atoms with Crippen molar-refractivity contribution in [2.24, 2.45) is 0 Å². The first-order valence-electron chi connectivity index (χ1n) is 7.34. The molecule has 0 bridgehead atoms. The standard InChI is InChI=1S/C16H20N2O2/c19-16(9-3-5-12-6-4-10-20-12)15-11-17-13-7-1-2-8-14(13)18-15/h1-2,7-8,11-12,16,19H,3-6,9-10H2. The zero-order valence-corrected chi connectivity index (χ0v) is 11.5. The molecule has 106 valence electrons. The van der Waals surface area contributed by atoms with Gasteiger partial charge in [-0.3, -0.25) is 4.98 Å². The number of rotatable bonds is 5. The molecular weight excluding hydrogens is 252 g/mol. The third-order valence-electron chi connectivity index (χ3n) is 3.84. The molecule has 0 aliphatic carbocycles. The van der Waals surface area contributed by atoms with Crippen LogP contribution in [0, 0.1) is 0 Å². The summed E-state index contributed by atoms with van der Waals surface area (Å²) < 4.78 is 5.59. The molecule has 1 N–H and O–H groups in total. The fourth-order valence-corrected chi connectivity index (χ4v) is 2.69. The Bertz CT molecular complexity index is 567. The van der Waals surface area contributed by atoms with E-state index in [-0.39, 0.29) is 0 Å². The summed E-state index contributed by atoms with van der Waals surface area (Å²) in [6.07, 6.45) is 6.57. The Kier molecular flexibility index (Phi) is 4.23. The van der Waals surface area contributed by atoms with Gasteiger partial charge in [0.2, 0.25) is 0 Å². The molecule has 2 atom stereocenters. The van der Waals surface area contributed by atoms with Crippen molar-refractivity contribution < 1.29 is 9.84 Å². The van der Waals surface area contributed by atoms with Gasteiger partial charge in [-0.2, -0.15) is 0 Å². The molecule has 1 aromatic heterocycles. The van der Waals surface area contributed by atoms with Crippen LogP contribution in [0.15, 0.2) is 30.5 Å². The van der Waals surface area contributed by atoms with Gasteiger partial charge in [0.05, 0.1) is 35.1 Å². The fourth-order valence-electron chi connectivity index (χ4n) is 2.69. The minimum atomic E-state index is -0.534. The molecule has 3 rings (SSSR count). The van der Waals surface area contributed by atoms with E-state index >= 15 is 0 Å². The van der Waals surface area contributed by atoms with E-state index in [1.165, 1.54) is 6.42 Å². The van der Waals surface area contributed by atoms with Gasteiger partial charge in [-0.15, -0.1) is 0 Å². The Morgan fingerprint density at radius 1 is 1.30 bits per heavy atom. The quantitative estimate of drug-likeness (QED) is 0.909. The molecule has 2 heterocycles. The summed E-state index contributed by atoms with van der Waals surface area (Å²) in [6.45, 7) is 0.892. The lowest BCUT2D eigenvalue weighted by atomic mass is 10.1. The fraction of sp³-hybridized carbons (Fsp3) is 0.500. The van der Waals surface area contributed by atoms with Crippen LogP contribution in [0.5, 0.6) is 0 Å². The third kappa shape index (κ3) is 3.14. The van der Waals surface area contributed by atoms with Crippen molar-refractivity contribution in [2.45, 2.75) is 44.3 Å². The van der Waals surface area contributed by atoms with E-state index in [9.17, 15) is 5.11 Å². The first-order valence-corrected chi connectivity index (χ1v) is 7.34. The van der Waals surface area contributed by atoms with Crippen LogP contribution in [0.3, 0.4) is 0 Å². The van der Waals surface area contributed by atoms with Crippen molar-refractivity contribution in [1.82, 2.24) is 9.97 Å². The minimum absolute atomic E-state index is 0.393. The first kappa shape index (κ1) is 13.5. The second-order valence-corrected chi connectivity index (χ2v) is 5.37. The molecule has 2 aromatic rings. The number of hydrogen-bond acceptors (Lipinski definition) is 4. The molecule has 0 spiro atoms. The Balaban J connectivity index is 1.58. The van der Waals surface area contributed by atoms with Crippen molar-refractivity contribution in [3.05, 3.63) is 36.2 Å². The topological polar surface area (TPSA) is 55.2 Å². The number of ether oxygens (including phenoxy) is 1. The average molecular weight is 272 g/mol. The highest BCUT2D eigenvalue weighted by Crippen LogP contribution is 2.22. The average Bonchev–Trinajstić information content (AvgIpc) is 3.00. The van der Waals surface area contributed by atoms with Crippen LogP contribution in [0.25, 0.3) is 11.0 Å². The van der Waals surface area contributed by atoms with E-state index in [1.54, 1.807) is 6.20 Å². The van der Waals surface area contributed by atoms with Crippen LogP contribution in [0.1, 0.15) is 43.9 Å². The van der Waals surface area contributed by atoms with Crippen molar-refractivity contribution in [2.75, 3.05) is 6.61 Å². The van der Waals surface area contributed by atoms with Crippen LogP contribution in [0.4, 0.5) is 0 Å². The van der Waals surface area contributed by atoms with E-state index in [0.29, 0.717) is 18.2 Å². The summed E-state index contributed by atoms with van der Waals surface area (Å²) in [5.74, 6) is 0. The molecule has 4 nitrogen and oxygen atoms in total. The number of hydrogen-bond donors (Lipinski definition) is 1. The van der Waals surface area contributed by atoms with Gasteiger partial charge in [-0.1, -0.05) is 12.1 Å². The van der Waals surface area contributed by atoms with E-state index in [2.05, 4.69) is 9.97 Å². The van der Waals surface area contributed by atoms with Gasteiger partial charge >= 0.3 is 0 Å². The summed E-state index contributed by atoms with van der Waals surface area (Å²) in [6, 6.07) is 7.72. The highest BCUT2D eigenvalue weighted by molar-refractivity contribution is 5.73. The molecule has 1 saturated heterocycles. The second kappa shape index (κ2) is 6.29. The van der Waals surface area contributed by atoms with Crippen LogP contribution in [0.2, 0.25) is 0 Å². The molecule has 1 aliphatic heterocycles. The highest BCUT2D eigenvalue weighted by atomic mass is 16.5. The van der Waals surface area contributed by atoms with Crippen LogP contribution < -0.4 is 0 Å². The predicted octanol–water partition coefficient (Wildman–Crippen LogP) is 3.01. The van der Waals surface area contributed by atoms with Crippen LogP contribution >= 0.6 is 0 Å². The molecule has 4 heteroatoms. The van der Waals surface area contributed by atoms with E-state index in [0.717, 1.165) is 36.9 Å². The monoisotopic (exact) mass is 272 g/mol. The third-order valence-corrected chi connectivity index (χ3v) is 3.84. The highest BCUT2D eigenvalue weighted by Gasteiger charge is 2.16. The lowest BCUT2D eigenvalue weighted by Gasteiger charge is -2.12. The summed E-state index contributed by atoms with van der Waals surface area (Å²) in [4.78, 5) is 8.82. The lowest BCUT2D eigenvalue weighted by Crippen LogP contribution is -2.07. The number of aliphatic hydroxyl groups is 1. The number of aromatic nitrogens is 2. The Morgan fingerprint density at radius 2 is 2.15 bits per heavy atom. The maximum absolute atomic E-state index is 10.2. The lowest BCUT2D eigenvalue weighted by molar-refractivity contribution is 0.0939. The van der Waals surface area contributed by atoms with Crippen LogP contribution in [-0.2, 0) is 4.74 Å². The van der Waals surface area contributed by atoms with E-state index < -0.39 is 6.10 Å². The largest absolute Gasteiger partial charge is 0.387 e. The molecular formula is C16H20N2O2. The van der Waals surface area contributed by atoms with Gasteiger partial charge in [-0.05, 0) is 44.2 Å². The SMILES string of the molecule is OC(CCCC1CCCO1)c1cnc2ccccc2n1. The Labute approximate surface area is 118 Å². The van der Waals surface area contributed by atoms with Gasteiger partial charge in [-0.25, -0.2) is 4.98 Å². The predicted molar refractivity (Wildman–Crippen MR) is 77.3 cm³/mol. The van der Waals surface area contributed by atoms with Crippen molar-refractivity contribution in [1.29, 1.82) is 0 Å². The zero-order valence-electron chi connectivity index (χ0n) is 11.5. The minimum Gasteiger partial charge on any atom is -0.387 e. The van der Waals surface area contributed by atoms with Gasteiger partial charge < -0.3 is 9.84 Å². The smallest absolute Gasteiger partial charge is 0.0975 e. The second-order valence-electron chi connectivity index (χ2n) is 5.37. The Morgan fingerprint density at radius 3 is 2.95 bits per heavy atom.